The largest absolute Gasteiger partial charge is 0.497 e. The number of nitrogens with one attached hydrogen (secondary N) is 1. The molecule has 3 rings (SSSR count). The molecule has 4 heteroatoms. The number of hydrogen-bond acceptors (Lipinski definition) is 4. The van der Waals surface area contributed by atoms with Gasteiger partial charge in [-0.3, -0.25) is 0 Å². The third kappa shape index (κ3) is 3.46. The minimum absolute atomic E-state index is 0.211. The van der Waals surface area contributed by atoms with E-state index in [1.807, 2.05) is 30.3 Å². The number of fused-ring (bicyclic) bond motifs is 1. The summed E-state index contributed by atoms with van der Waals surface area (Å²) in [6.45, 7) is 3.48. The number of rotatable bonds is 5. The standard InChI is InChI=1S/C19H20N2O2/c1-13-6-16-8-18(22-2)9-17(19(16)23-13)12-21-11-15-5-3-4-14(7-15)10-20/h3-5,7-9,13,21H,6,11-12H2,1-2H3. The summed E-state index contributed by atoms with van der Waals surface area (Å²) >= 11 is 0. The van der Waals surface area contributed by atoms with Gasteiger partial charge in [0.25, 0.3) is 0 Å². The second-order valence-corrected chi connectivity index (χ2v) is 5.82. The first-order valence-corrected chi connectivity index (χ1v) is 7.76. The van der Waals surface area contributed by atoms with E-state index < -0.39 is 0 Å². The summed E-state index contributed by atoms with van der Waals surface area (Å²) in [4.78, 5) is 0. The summed E-state index contributed by atoms with van der Waals surface area (Å²) in [6, 6.07) is 13.9. The summed E-state index contributed by atoms with van der Waals surface area (Å²) < 4.78 is 11.3. The Morgan fingerprint density at radius 3 is 2.96 bits per heavy atom. The normalized spacial score (nSPS) is 15.6. The third-order valence-corrected chi connectivity index (χ3v) is 3.98. The van der Waals surface area contributed by atoms with Crippen LogP contribution in [0.5, 0.6) is 11.5 Å². The molecule has 0 aliphatic carbocycles. The fraction of sp³-hybridized carbons (Fsp3) is 0.316. The maximum atomic E-state index is 8.95. The second kappa shape index (κ2) is 6.72. The summed E-state index contributed by atoms with van der Waals surface area (Å²) in [5.41, 5.74) is 4.10. The number of nitriles is 1. The lowest BCUT2D eigenvalue weighted by Gasteiger charge is -2.12. The van der Waals surface area contributed by atoms with E-state index in [4.69, 9.17) is 14.7 Å². The van der Waals surface area contributed by atoms with Gasteiger partial charge >= 0.3 is 0 Å². The van der Waals surface area contributed by atoms with Gasteiger partial charge in [0.2, 0.25) is 0 Å². The van der Waals surface area contributed by atoms with Crippen LogP contribution in [0.3, 0.4) is 0 Å². The highest BCUT2D eigenvalue weighted by molar-refractivity contribution is 5.49. The number of benzene rings is 2. The molecule has 0 bridgehead atoms. The second-order valence-electron chi connectivity index (χ2n) is 5.82. The summed E-state index contributed by atoms with van der Waals surface area (Å²) in [6.07, 6.45) is 1.13. The Kier molecular flexibility index (Phi) is 4.50. The molecule has 1 aliphatic rings. The number of methoxy groups -OCH3 is 1. The average Bonchev–Trinajstić information content (AvgIpc) is 2.95. The van der Waals surface area contributed by atoms with Gasteiger partial charge in [0.15, 0.2) is 0 Å². The van der Waals surface area contributed by atoms with Crippen molar-refractivity contribution in [2.75, 3.05) is 7.11 Å². The molecule has 2 aromatic carbocycles. The van der Waals surface area contributed by atoms with Crippen LogP contribution in [0, 0.1) is 11.3 Å². The molecular weight excluding hydrogens is 288 g/mol. The molecule has 0 saturated carbocycles. The van der Waals surface area contributed by atoms with E-state index in [-0.39, 0.29) is 6.10 Å². The maximum Gasteiger partial charge on any atom is 0.127 e. The first-order chi connectivity index (χ1) is 11.2. The van der Waals surface area contributed by atoms with Crippen LogP contribution >= 0.6 is 0 Å². The minimum Gasteiger partial charge on any atom is -0.497 e. The van der Waals surface area contributed by atoms with Crippen molar-refractivity contribution in [2.45, 2.75) is 32.5 Å². The van der Waals surface area contributed by atoms with E-state index in [1.165, 1.54) is 5.56 Å². The molecule has 1 atom stereocenters. The molecule has 1 aliphatic heterocycles. The van der Waals surface area contributed by atoms with Crippen molar-refractivity contribution in [3.05, 3.63) is 58.7 Å². The molecule has 1 N–H and O–H groups in total. The van der Waals surface area contributed by atoms with E-state index in [9.17, 15) is 0 Å². The Morgan fingerprint density at radius 2 is 2.17 bits per heavy atom. The van der Waals surface area contributed by atoms with Crippen molar-refractivity contribution < 1.29 is 9.47 Å². The van der Waals surface area contributed by atoms with E-state index in [1.54, 1.807) is 7.11 Å². The summed E-state index contributed by atoms with van der Waals surface area (Å²) in [5, 5.41) is 12.4. The molecule has 0 amide bonds. The minimum atomic E-state index is 0.211. The van der Waals surface area contributed by atoms with Crippen LogP contribution in [0.4, 0.5) is 0 Å². The van der Waals surface area contributed by atoms with Crippen molar-refractivity contribution >= 4 is 0 Å². The molecule has 0 fully saturated rings. The summed E-state index contributed by atoms with van der Waals surface area (Å²) in [5.74, 6) is 1.85. The predicted molar refractivity (Wildman–Crippen MR) is 88.5 cm³/mol. The number of ether oxygens (including phenoxy) is 2. The Balaban J connectivity index is 1.71. The van der Waals surface area contributed by atoms with Crippen LogP contribution in [0.2, 0.25) is 0 Å². The fourth-order valence-corrected chi connectivity index (χ4v) is 2.92. The lowest BCUT2D eigenvalue weighted by Crippen LogP contribution is -2.14. The van der Waals surface area contributed by atoms with Gasteiger partial charge in [-0.1, -0.05) is 12.1 Å². The Bertz CT molecular complexity index is 750. The lowest BCUT2D eigenvalue weighted by atomic mass is 10.1. The van der Waals surface area contributed by atoms with Crippen LogP contribution in [0.15, 0.2) is 36.4 Å². The van der Waals surface area contributed by atoms with Gasteiger partial charge in [0.05, 0.1) is 18.7 Å². The average molecular weight is 308 g/mol. The van der Waals surface area contributed by atoms with Crippen LogP contribution in [-0.2, 0) is 19.5 Å². The molecule has 1 unspecified atom stereocenters. The van der Waals surface area contributed by atoms with Crippen molar-refractivity contribution in [1.82, 2.24) is 5.32 Å². The van der Waals surface area contributed by atoms with Crippen LogP contribution in [0.1, 0.15) is 29.2 Å². The highest BCUT2D eigenvalue weighted by atomic mass is 16.5. The molecule has 4 nitrogen and oxygen atoms in total. The predicted octanol–water partition coefficient (Wildman–Crippen LogP) is 3.18. The first kappa shape index (κ1) is 15.4. The quantitative estimate of drug-likeness (QED) is 0.921. The van der Waals surface area contributed by atoms with Crippen LogP contribution in [0.25, 0.3) is 0 Å². The van der Waals surface area contributed by atoms with E-state index in [0.29, 0.717) is 18.7 Å². The number of nitrogens with zero attached hydrogens (tertiary/aromatic N) is 1. The molecule has 0 radical (unpaired) electrons. The van der Waals surface area contributed by atoms with Crippen LogP contribution in [-0.4, -0.2) is 13.2 Å². The zero-order chi connectivity index (χ0) is 16.2. The highest BCUT2D eigenvalue weighted by Crippen LogP contribution is 2.36. The fourth-order valence-electron chi connectivity index (χ4n) is 2.92. The van der Waals surface area contributed by atoms with E-state index >= 15 is 0 Å². The summed E-state index contributed by atoms with van der Waals surface area (Å²) in [7, 11) is 1.69. The highest BCUT2D eigenvalue weighted by Gasteiger charge is 2.23. The van der Waals surface area contributed by atoms with Gasteiger partial charge in [-0.25, -0.2) is 0 Å². The molecule has 0 saturated heterocycles. The molecule has 23 heavy (non-hydrogen) atoms. The van der Waals surface area contributed by atoms with Crippen LogP contribution < -0.4 is 14.8 Å². The van der Waals surface area contributed by atoms with Gasteiger partial charge in [0.1, 0.15) is 17.6 Å². The lowest BCUT2D eigenvalue weighted by molar-refractivity contribution is 0.252. The first-order valence-electron chi connectivity index (χ1n) is 7.76. The van der Waals surface area contributed by atoms with Crippen molar-refractivity contribution in [1.29, 1.82) is 5.26 Å². The van der Waals surface area contributed by atoms with Gasteiger partial charge in [-0.15, -0.1) is 0 Å². The molecule has 1 heterocycles. The zero-order valence-electron chi connectivity index (χ0n) is 13.4. The topological polar surface area (TPSA) is 54.3 Å². The Hall–Kier alpha value is -2.51. The van der Waals surface area contributed by atoms with Crippen molar-refractivity contribution in [3.63, 3.8) is 0 Å². The zero-order valence-corrected chi connectivity index (χ0v) is 13.4. The number of hydrogen-bond donors (Lipinski definition) is 1. The maximum absolute atomic E-state index is 8.95. The van der Waals surface area contributed by atoms with Gasteiger partial charge in [0, 0.05) is 30.6 Å². The molecule has 118 valence electrons. The Morgan fingerprint density at radius 1 is 1.30 bits per heavy atom. The smallest absolute Gasteiger partial charge is 0.127 e. The van der Waals surface area contributed by atoms with Gasteiger partial charge in [-0.2, -0.15) is 5.26 Å². The monoisotopic (exact) mass is 308 g/mol. The molecule has 2 aromatic rings. The van der Waals surface area contributed by atoms with Gasteiger partial charge in [-0.05, 0) is 36.8 Å². The van der Waals surface area contributed by atoms with E-state index in [2.05, 4.69) is 24.4 Å². The molecule has 0 aromatic heterocycles. The Labute approximate surface area is 136 Å². The van der Waals surface area contributed by atoms with Gasteiger partial charge < -0.3 is 14.8 Å². The third-order valence-electron chi connectivity index (χ3n) is 3.98. The SMILES string of the molecule is COc1cc(CNCc2cccc(C#N)c2)c2c(c1)CC(C)O2. The molecular formula is C19H20N2O2. The van der Waals surface area contributed by atoms with E-state index in [0.717, 1.165) is 29.0 Å². The van der Waals surface area contributed by atoms with Crippen molar-refractivity contribution in [2.24, 2.45) is 0 Å². The van der Waals surface area contributed by atoms with Crippen molar-refractivity contribution in [3.8, 4) is 17.6 Å². The molecule has 0 spiro atoms.